The smallest absolute Gasteiger partial charge is 0.350 e. The van der Waals surface area contributed by atoms with Crippen molar-refractivity contribution in [2.45, 2.75) is 6.92 Å². The van der Waals surface area contributed by atoms with E-state index in [2.05, 4.69) is 10.4 Å². The van der Waals surface area contributed by atoms with E-state index in [0.29, 0.717) is 15.4 Å². The van der Waals surface area contributed by atoms with E-state index in [1.54, 1.807) is 0 Å². The number of carbonyl (C=O) groups excluding carboxylic acids is 2. The molecule has 33 heavy (non-hydrogen) atoms. The number of hydrogen-bond donors (Lipinski definition) is 1. The van der Waals surface area contributed by atoms with Crippen molar-refractivity contribution in [1.82, 2.24) is 9.78 Å². The molecule has 0 radical (unpaired) electrons. The maximum absolute atomic E-state index is 13.2. The Labute approximate surface area is 198 Å². The molecule has 5 rings (SSSR count). The third-order valence-electron chi connectivity index (χ3n) is 5.18. The lowest BCUT2D eigenvalue weighted by Gasteiger charge is -2.04. The lowest BCUT2D eigenvalue weighted by Crippen LogP contribution is -2.12. The van der Waals surface area contributed by atoms with Crippen LogP contribution in [0.1, 0.15) is 25.0 Å². The fraction of sp³-hybridized carbons (Fsp3) is 0.0800. The third kappa shape index (κ3) is 3.94. The van der Waals surface area contributed by atoms with Crippen LogP contribution in [0.4, 0.5) is 5.69 Å². The first kappa shape index (κ1) is 21.1. The predicted octanol–water partition coefficient (Wildman–Crippen LogP) is 6.16. The van der Waals surface area contributed by atoms with E-state index in [-0.39, 0.29) is 5.91 Å². The van der Waals surface area contributed by atoms with Gasteiger partial charge in [-0.25, -0.2) is 9.48 Å². The van der Waals surface area contributed by atoms with Gasteiger partial charge in [0.1, 0.15) is 9.71 Å². The number of benzene rings is 2. The third-order valence-corrected chi connectivity index (χ3v) is 7.45. The van der Waals surface area contributed by atoms with E-state index in [1.165, 1.54) is 29.8 Å². The number of hydrogen-bond acceptors (Lipinski definition) is 6. The Morgan fingerprint density at radius 2 is 1.67 bits per heavy atom. The molecule has 2 aromatic carbocycles. The highest BCUT2D eigenvalue weighted by atomic mass is 32.1. The van der Waals surface area contributed by atoms with Crippen LogP contribution >= 0.6 is 22.7 Å². The van der Waals surface area contributed by atoms with Gasteiger partial charge in [0.25, 0.3) is 5.91 Å². The molecular weight excluding hydrogens is 454 g/mol. The van der Waals surface area contributed by atoms with Gasteiger partial charge in [0, 0.05) is 10.3 Å². The lowest BCUT2D eigenvalue weighted by atomic mass is 10.2. The minimum atomic E-state index is -0.482. The van der Waals surface area contributed by atoms with Gasteiger partial charge in [0.2, 0.25) is 0 Å². The molecule has 164 valence electrons. The number of aryl methyl sites for hydroxylation is 1. The molecule has 6 nitrogen and oxygen atoms in total. The summed E-state index contributed by atoms with van der Waals surface area (Å²) in [5, 5.41) is 8.47. The summed E-state index contributed by atoms with van der Waals surface area (Å²) < 4.78 is 6.79. The van der Waals surface area contributed by atoms with Crippen molar-refractivity contribution in [1.29, 1.82) is 0 Å². The fourth-order valence-corrected chi connectivity index (χ4v) is 5.68. The Morgan fingerprint density at radius 1 is 0.970 bits per heavy atom. The van der Waals surface area contributed by atoms with Gasteiger partial charge < -0.3 is 10.1 Å². The second-order valence-corrected chi connectivity index (χ2v) is 9.41. The van der Waals surface area contributed by atoms with Gasteiger partial charge in [0.15, 0.2) is 0 Å². The highest BCUT2D eigenvalue weighted by molar-refractivity contribution is 7.20. The van der Waals surface area contributed by atoms with Gasteiger partial charge in [-0.1, -0.05) is 48.5 Å². The van der Waals surface area contributed by atoms with Gasteiger partial charge in [0.05, 0.1) is 29.1 Å². The molecule has 0 fully saturated rings. The van der Waals surface area contributed by atoms with Crippen molar-refractivity contribution in [2.24, 2.45) is 0 Å². The van der Waals surface area contributed by atoms with Crippen LogP contribution in [0.15, 0.2) is 72.8 Å². The molecule has 3 heterocycles. The maximum atomic E-state index is 13.2. The van der Waals surface area contributed by atoms with Crippen LogP contribution < -0.4 is 5.32 Å². The summed E-state index contributed by atoms with van der Waals surface area (Å²) >= 11 is 2.66. The van der Waals surface area contributed by atoms with Gasteiger partial charge in [-0.2, -0.15) is 5.10 Å². The Kier molecular flexibility index (Phi) is 5.53. The predicted molar refractivity (Wildman–Crippen MR) is 133 cm³/mol. The number of nitrogens with zero attached hydrogens (tertiary/aromatic N) is 2. The molecule has 0 aliphatic heterocycles. The van der Waals surface area contributed by atoms with Crippen LogP contribution in [0.2, 0.25) is 0 Å². The zero-order valence-corrected chi connectivity index (χ0v) is 19.5. The average molecular weight is 474 g/mol. The second-order valence-electron chi connectivity index (χ2n) is 7.33. The molecule has 0 bridgehead atoms. The number of amides is 1. The lowest BCUT2D eigenvalue weighted by molar-refractivity contribution is 0.0607. The first-order valence-electron chi connectivity index (χ1n) is 10.2. The Bertz CT molecular complexity index is 1470. The summed E-state index contributed by atoms with van der Waals surface area (Å²) in [6.07, 6.45) is 0. The number of aromatic nitrogens is 2. The van der Waals surface area contributed by atoms with E-state index in [1.807, 2.05) is 84.4 Å². The molecule has 8 heteroatoms. The Balaban J connectivity index is 1.50. The normalized spacial score (nSPS) is 11.0. The molecule has 1 amide bonds. The number of esters is 1. The van der Waals surface area contributed by atoms with Crippen LogP contribution in [-0.2, 0) is 4.74 Å². The zero-order valence-electron chi connectivity index (χ0n) is 17.9. The largest absolute Gasteiger partial charge is 0.465 e. The quantitative estimate of drug-likeness (QED) is 0.310. The number of thiophene rings is 2. The van der Waals surface area contributed by atoms with E-state index in [0.717, 1.165) is 32.0 Å². The molecule has 5 aromatic rings. The summed E-state index contributed by atoms with van der Waals surface area (Å²) in [5.41, 5.74) is 3.19. The van der Waals surface area contributed by atoms with E-state index < -0.39 is 5.97 Å². The average Bonchev–Trinajstić information content (AvgIpc) is 3.55. The van der Waals surface area contributed by atoms with Gasteiger partial charge in [-0.15, -0.1) is 22.7 Å². The summed E-state index contributed by atoms with van der Waals surface area (Å²) in [6, 6.07) is 23.2. The van der Waals surface area contributed by atoms with Crippen LogP contribution in [-0.4, -0.2) is 28.8 Å². The van der Waals surface area contributed by atoms with Crippen molar-refractivity contribution < 1.29 is 14.3 Å². The molecule has 0 atom stereocenters. The zero-order chi connectivity index (χ0) is 22.9. The summed E-state index contributed by atoms with van der Waals surface area (Å²) in [4.78, 5) is 28.2. The van der Waals surface area contributed by atoms with Crippen LogP contribution in [0.25, 0.3) is 26.3 Å². The first-order chi connectivity index (χ1) is 16.0. The Morgan fingerprint density at radius 3 is 2.36 bits per heavy atom. The van der Waals surface area contributed by atoms with Crippen molar-refractivity contribution in [3.05, 3.63) is 88.2 Å². The molecular formula is C25H19N3O3S2. The van der Waals surface area contributed by atoms with Crippen LogP contribution in [0.5, 0.6) is 0 Å². The highest BCUT2D eigenvalue weighted by Gasteiger charge is 2.22. The minimum Gasteiger partial charge on any atom is -0.465 e. The van der Waals surface area contributed by atoms with Gasteiger partial charge in [-0.05, 0) is 36.8 Å². The van der Waals surface area contributed by atoms with E-state index in [4.69, 9.17) is 4.74 Å². The number of para-hydroxylation sites is 1. The number of anilines is 1. The molecule has 0 aliphatic carbocycles. The standard InChI is InChI=1S/C25H19N3O3S2/c1-15-18-13-21(33-24(18)28(27-15)17-11-7-4-8-12-17)23(29)26-19-14-20(16-9-5-3-6-10-16)32-22(19)25(30)31-2/h3-14H,1-2H3,(H,26,29). The SMILES string of the molecule is COC(=O)c1sc(-c2ccccc2)cc1NC(=O)c1cc2c(C)nn(-c3ccccc3)c2s1. The van der Waals surface area contributed by atoms with Crippen molar-refractivity contribution >= 4 is 50.5 Å². The maximum Gasteiger partial charge on any atom is 0.350 e. The number of carbonyl (C=O) groups is 2. The number of rotatable bonds is 5. The van der Waals surface area contributed by atoms with Gasteiger partial charge >= 0.3 is 5.97 Å². The van der Waals surface area contributed by atoms with E-state index >= 15 is 0 Å². The number of fused-ring (bicyclic) bond motifs is 1. The second kappa shape index (κ2) is 8.65. The van der Waals surface area contributed by atoms with Crippen molar-refractivity contribution in [3.8, 4) is 16.1 Å². The number of nitrogens with one attached hydrogen (secondary N) is 1. The molecule has 3 aromatic heterocycles. The molecule has 0 aliphatic rings. The summed E-state index contributed by atoms with van der Waals surface area (Å²) in [5.74, 6) is -0.762. The minimum absolute atomic E-state index is 0.280. The van der Waals surface area contributed by atoms with Gasteiger partial charge in [-0.3, -0.25) is 4.79 Å². The van der Waals surface area contributed by atoms with E-state index in [9.17, 15) is 9.59 Å². The van der Waals surface area contributed by atoms with Crippen molar-refractivity contribution in [3.63, 3.8) is 0 Å². The van der Waals surface area contributed by atoms with Crippen LogP contribution in [0, 0.1) is 6.92 Å². The van der Waals surface area contributed by atoms with Crippen LogP contribution in [0.3, 0.4) is 0 Å². The van der Waals surface area contributed by atoms with Crippen molar-refractivity contribution in [2.75, 3.05) is 12.4 Å². The fourth-order valence-electron chi connectivity index (χ4n) is 3.56. The first-order valence-corrected chi connectivity index (χ1v) is 11.8. The molecule has 0 spiro atoms. The number of ether oxygens (including phenoxy) is 1. The summed E-state index contributed by atoms with van der Waals surface area (Å²) in [6.45, 7) is 1.93. The summed E-state index contributed by atoms with van der Waals surface area (Å²) in [7, 11) is 1.33. The number of methoxy groups -OCH3 is 1. The topological polar surface area (TPSA) is 73.2 Å². The monoisotopic (exact) mass is 473 g/mol. The molecule has 0 unspecified atom stereocenters. The Hall–Kier alpha value is -3.75. The molecule has 0 saturated carbocycles. The molecule has 1 N–H and O–H groups in total. The molecule has 0 saturated heterocycles. The highest BCUT2D eigenvalue weighted by Crippen LogP contribution is 2.36.